The molecule has 1 aliphatic rings. The number of aromatic nitrogens is 2. The zero-order chi connectivity index (χ0) is 12.8. The molecule has 1 heterocycles. The SMILES string of the molecule is C=CCCCCCn1c(CNC2CC2)cnc1C. The molecule has 0 unspecified atom stereocenters. The van der Waals surface area contributed by atoms with E-state index >= 15 is 0 Å². The molecule has 3 nitrogen and oxygen atoms in total. The molecular formula is C15H25N3. The number of hydrogen-bond donors (Lipinski definition) is 1. The maximum absolute atomic E-state index is 4.44. The van der Waals surface area contributed by atoms with Crippen LogP contribution in [0.25, 0.3) is 0 Å². The fourth-order valence-corrected chi connectivity index (χ4v) is 2.23. The predicted molar refractivity (Wildman–Crippen MR) is 75.5 cm³/mol. The van der Waals surface area contributed by atoms with Crippen LogP contribution in [0.2, 0.25) is 0 Å². The number of imidazole rings is 1. The van der Waals surface area contributed by atoms with E-state index in [0.29, 0.717) is 0 Å². The maximum Gasteiger partial charge on any atom is 0.105 e. The van der Waals surface area contributed by atoms with Gasteiger partial charge in [-0.2, -0.15) is 0 Å². The lowest BCUT2D eigenvalue weighted by Crippen LogP contribution is -2.18. The largest absolute Gasteiger partial charge is 0.331 e. The standard InChI is InChI=1S/C15H25N3/c1-3-4-5-6-7-10-18-13(2)16-11-15(18)12-17-14-8-9-14/h3,11,14,17H,1,4-10,12H2,2H3. The van der Waals surface area contributed by atoms with E-state index in [9.17, 15) is 0 Å². The van der Waals surface area contributed by atoms with Gasteiger partial charge in [-0.1, -0.05) is 12.5 Å². The monoisotopic (exact) mass is 247 g/mol. The van der Waals surface area contributed by atoms with Crippen LogP contribution < -0.4 is 5.32 Å². The summed E-state index contributed by atoms with van der Waals surface area (Å²) >= 11 is 0. The summed E-state index contributed by atoms with van der Waals surface area (Å²) in [6, 6.07) is 0.765. The number of unbranched alkanes of at least 4 members (excludes halogenated alkanes) is 3. The molecule has 1 aromatic rings. The molecule has 1 fully saturated rings. The third-order valence-corrected chi connectivity index (χ3v) is 3.58. The van der Waals surface area contributed by atoms with Gasteiger partial charge in [0.1, 0.15) is 5.82 Å². The van der Waals surface area contributed by atoms with E-state index in [1.807, 2.05) is 12.3 Å². The molecule has 0 amide bonds. The van der Waals surface area contributed by atoms with Gasteiger partial charge in [-0.25, -0.2) is 4.98 Å². The second kappa shape index (κ2) is 6.74. The average Bonchev–Trinajstić information content (AvgIpc) is 3.13. The molecule has 2 rings (SSSR count). The summed E-state index contributed by atoms with van der Waals surface area (Å²) in [6.45, 7) is 7.93. The van der Waals surface area contributed by atoms with Gasteiger partial charge in [0.2, 0.25) is 0 Å². The van der Waals surface area contributed by atoms with Crippen LogP contribution in [-0.2, 0) is 13.1 Å². The lowest BCUT2D eigenvalue weighted by Gasteiger charge is -2.10. The van der Waals surface area contributed by atoms with Gasteiger partial charge >= 0.3 is 0 Å². The Morgan fingerprint density at radius 3 is 3.00 bits per heavy atom. The molecule has 0 spiro atoms. The lowest BCUT2D eigenvalue weighted by atomic mass is 10.2. The molecule has 100 valence electrons. The van der Waals surface area contributed by atoms with Crippen LogP contribution in [0, 0.1) is 6.92 Å². The highest BCUT2D eigenvalue weighted by Gasteiger charge is 2.20. The summed E-state index contributed by atoms with van der Waals surface area (Å²) < 4.78 is 2.36. The van der Waals surface area contributed by atoms with Crippen LogP contribution in [0.4, 0.5) is 0 Å². The number of allylic oxidation sites excluding steroid dienone is 1. The minimum Gasteiger partial charge on any atom is -0.331 e. The van der Waals surface area contributed by atoms with Crippen molar-refractivity contribution in [2.45, 2.75) is 64.6 Å². The Morgan fingerprint density at radius 1 is 1.44 bits per heavy atom. The normalized spacial score (nSPS) is 14.9. The first-order valence-electron chi connectivity index (χ1n) is 7.16. The summed E-state index contributed by atoms with van der Waals surface area (Å²) in [5.74, 6) is 1.14. The van der Waals surface area contributed by atoms with Gasteiger partial charge in [0.05, 0.1) is 5.69 Å². The zero-order valence-electron chi connectivity index (χ0n) is 11.5. The van der Waals surface area contributed by atoms with E-state index in [4.69, 9.17) is 0 Å². The van der Waals surface area contributed by atoms with Crippen molar-refractivity contribution in [3.63, 3.8) is 0 Å². The summed E-state index contributed by atoms with van der Waals surface area (Å²) in [7, 11) is 0. The second-order valence-electron chi connectivity index (χ2n) is 5.24. The van der Waals surface area contributed by atoms with E-state index in [1.165, 1.54) is 37.8 Å². The van der Waals surface area contributed by atoms with Gasteiger partial charge in [-0.05, 0) is 39.0 Å². The van der Waals surface area contributed by atoms with Gasteiger partial charge in [0.25, 0.3) is 0 Å². The quantitative estimate of drug-likeness (QED) is 0.536. The van der Waals surface area contributed by atoms with Gasteiger partial charge in [-0.3, -0.25) is 0 Å². The minimum absolute atomic E-state index is 0.765. The van der Waals surface area contributed by atoms with E-state index in [1.54, 1.807) is 0 Å². The average molecular weight is 247 g/mol. The third-order valence-electron chi connectivity index (χ3n) is 3.58. The summed E-state index contributed by atoms with van der Waals surface area (Å²) in [5, 5.41) is 3.56. The van der Waals surface area contributed by atoms with Crippen molar-refractivity contribution in [1.29, 1.82) is 0 Å². The fraction of sp³-hybridized carbons (Fsp3) is 0.667. The first-order valence-corrected chi connectivity index (χ1v) is 7.16. The van der Waals surface area contributed by atoms with Crippen molar-refractivity contribution in [3.8, 4) is 0 Å². The number of nitrogens with one attached hydrogen (secondary N) is 1. The predicted octanol–water partition coefficient (Wildman–Crippen LogP) is 3.19. The Morgan fingerprint density at radius 2 is 2.28 bits per heavy atom. The smallest absolute Gasteiger partial charge is 0.105 e. The summed E-state index contributed by atoms with van der Waals surface area (Å²) in [5.41, 5.74) is 1.34. The van der Waals surface area contributed by atoms with Gasteiger partial charge in [-0.15, -0.1) is 6.58 Å². The van der Waals surface area contributed by atoms with Crippen molar-refractivity contribution in [2.75, 3.05) is 0 Å². The summed E-state index contributed by atoms with van der Waals surface area (Å²) in [4.78, 5) is 4.44. The minimum atomic E-state index is 0.765. The molecule has 1 aliphatic carbocycles. The number of rotatable bonds is 9. The first-order chi connectivity index (χ1) is 8.81. The van der Waals surface area contributed by atoms with Crippen LogP contribution in [-0.4, -0.2) is 15.6 Å². The van der Waals surface area contributed by atoms with E-state index in [2.05, 4.69) is 28.4 Å². The number of aryl methyl sites for hydroxylation is 1. The van der Waals surface area contributed by atoms with Crippen LogP contribution >= 0.6 is 0 Å². The molecule has 1 saturated carbocycles. The highest BCUT2D eigenvalue weighted by atomic mass is 15.1. The number of nitrogens with zero attached hydrogens (tertiary/aromatic N) is 2. The maximum atomic E-state index is 4.44. The van der Waals surface area contributed by atoms with E-state index in [-0.39, 0.29) is 0 Å². The van der Waals surface area contributed by atoms with E-state index < -0.39 is 0 Å². The third kappa shape index (κ3) is 3.98. The Labute approximate surface area is 110 Å². The fourth-order valence-electron chi connectivity index (χ4n) is 2.23. The zero-order valence-corrected chi connectivity index (χ0v) is 11.5. The molecule has 0 atom stereocenters. The van der Waals surface area contributed by atoms with Crippen molar-refractivity contribution in [2.24, 2.45) is 0 Å². The Balaban J connectivity index is 1.77. The molecule has 0 aromatic carbocycles. The topological polar surface area (TPSA) is 29.9 Å². The van der Waals surface area contributed by atoms with Crippen molar-refractivity contribution in [3.05, 3.63) is 30.4 Å². The summed E-state index contributed by atoms with van der Waals surface area (Å²) in [6.07, 6.45) is 11.6. The van der Waals surface area contributed by atoms with Gasteiger partial charge < -0.3 is 9.88 Å². The highest BCUT2D eigenvalue weighted by molar-refractivity contribution is 5.05. The van der Waals surface area contributed by atoms with Crippen molar-refractivity contribution in [1.82, 2.24) is 14.9 Å². The molecule has 0 aliphatic heterocycles. The number of hydrogen-bond acceptors (Lipinski definition) is 2. The Kier molecular flexibility index (Phi) is 5.00. The molecule has 0 radical (unpaired) electrons. The second-order valence-corrected chi connectivity index (χ2v) is 5.24. The first kappa shape index (κ1) is 13.3. The van der Waals surface area contributed by atoms with Crippen LogP contribution in [0.3, 0.4) is 0 Å². The van der Waals surface area contributed by atoms with Gasteiger partial charge in [0.15, 0.2) is 0 Å². The molecule has 0 saturated heterocycles. The van der Waals surface area contributed by atoms with Crippen LogP contribution in [0.15, 0.2) is 18.9 Å². The molecule has 1 N–H and O–H groups in total. The van der Waals surface area contributed by atoms with Crippen LogP contribution in [0.5, 0.6) is 0 Å². The highest BCUT2D eigenvalue weighted by Crippen LogP contribution is 2.19. The molecule has 3 heteroatoms. The van der Waals surface area contributed by atoms with Crippen LogP contribution in [0.1, 0.15) is 50.0 Å². The van der Waals surface area contributed by atoms with Crippen molar-refractivity contribution < 1.29 is 0 Å². The molecule has 0 bridgehead atoms. The molecular weight excluding hydrogens is 222 g/mol. The van der Waals surface area contributed by atoms with Gasteiger partial charge in [0, 0.05) is 25.3 Å². The van der Waals surface area contributed by atoms with E-state index in [0.717, 1.165) is 31.4 Å². The van der Waals surface area contributed by atoms with Crippen molar-refractivity contribution >= 4 is 0 Å². The lowest BCUT2D eigenvalue weighted by molar-refractivity contribution is 0.548. The molecule has 1 aromatic heterocycles. The molecule has 18 heavy (non-hydrogen) atoms. The Hall–Kier alpha value is -1.09. The Bertz CT molecular complexity index is 377.